The molecule has 85 valence electrons. The maximum Gasteiger partial charge on any atom is 0.229 e. The summed E-state index contributed by atoms with van der Waals surface area (Å²) >= 11 is 0. The molecule has 0 saturated heterocycles. The van der Waals surface area contributed by atoms with Gasteiger partial charge in [-0.25, -0.2) is 9.97 Å². The SMILES string of the molecule is [c]1ccc2oc(-c3cccc4ocnc34)nc2c1. The maximum atomic E-state index is 5.72. The summed E-state index contributed by atoms with van der Waals surface area (Å²) < 4.78 is 11.0. The Balaban J connectivity index is 2.04. The predicted molar refractivity (Wildman–Crippen MR) is 65.8 cm³/mol. The van der Waals surface area contributed by atoms with Gasteiger partial charge in [0, 0.05) is 0 Å². The second-order valence-electron chi connectivity index (χ2n) is 3.92. The molecule has 2 heterocycles. The molecule has 2 aromatic carbocycles. The van der Waals surface area contributed by atoms with Crippen LogP contribution in [0.2, 0.25) is 0 Å². The minimum atomic E-state index is 0.545. The first-order valence-electron chi connectivity index (χ1n) is 5.51. The Bertz CT molecular complexity index is 812. The normalized spacial score (nSPS) is 11.3. The van der Waals surface area contributed by atoms with Gasteiger partial charge in [-0.15, -0.1) is 0 Å². The lowest BCUT2D eigenvalue weighted by Gasteiger charge is -1.94. The molecular weight excluding hydrogens is 228 g/mol. The van der Waals surface area contributed by atoms with E-state index in [4.69, 9.17) is 8.83 Å². The number of hydrogen-bond acceptors (Lipinski definition) is 4. The molecule has 0 atom stereocenters. The third-order valence-electron chi connectivity index (χ3n) is 2.82. The lowest BCUT2D eigenvalue weighted by Crippen LogP contribution is -1.79. The van der Waals surface area contributed by atoms with Crippen LogP contribution in [-0.2, 0) is 0 Å². The minimum Gasteiger partial charge on any atom is -0.443 e. The summed E-state index contributed by atoms with van der Waals surface area (Å²) in [7, 11) is 0. The molecule has 0 aliphatic carbocycles. The Morgan fingerprint density at radius 1 is 1.11 bits per heavy atom. The topological polar surface area (TPSA) is 52.1 Å². The van der Waals surface area contributed by atoms with Gasteiger partial charge in [-0.2, -0.15) is 0 Å². The number of para-hydroxylation sites is 1. The first-order valence-corrected chi connectivity index (χ1v) is 5.51. The summed E-state index contributed by atoms with van der Waals surface area (Å²) in [5.74, 6) is 0.545. The smallest absolute Gasteiger partial charge is 0.229 e. The van der Waals surface area contributed by atoms with Crippen molar-refractivity contribution in [2.75, 3.05) is 0 Å². The molecule has 0 saturated carbocycles. The average molecular weight is 235 g/mol. The molecule has 4 heteroatoms. The lowest BCUT2D eigenvalue weighted by molar-refractivity contribution is 0.602. The van der Waals surface area contributed by atoms with E-state index in [2.05, 4.69) is 16.0 Å². The molecule has 2 aromatic heterocycles. The molecule has 4 rings (SSSR count). The maximum absolute atomic E-state index is 5.72. The number of oxazole rings is 2. The van der Waals surface area contributed by atoms with Gasteiger partial charge in [-0.1, -0.05) is 12.1 Å². The molecule has 4 aromatic rings. The molecule has 18 heavy (non-hydrogen) atoms. The van der Waals surface area contributed by atoms with E-state index in [1.54, 1.807) is 12.1 Å². The van der Waals surface area contributed by atoms with Crippen LogP contribution in [0.25, 0.3) is 33.7 Å². The third-order valence-corrected chi connectivity index (χ3v) is 2.82. The van der Waals surface area contributed by atoms with E-state index in [9.17, 15) is 0 Å². The van der Waals surface area contributed by atoms with Crippen molar-refractivity contribution < 1.29 is 8.83 Å². The standard InChI is InChI=1S/C14H7N2O2/c1-2-6-11-10(5-1)16-14(18-11)9-4-3-7-12-13(9)15-8-17-12/h2-8H. The quantitative estimate of drug-likeness (QED) is 0.507. The van der Waals surface area contributed by atoms with Crippen LogP contribution in [0.4, 0.5) is 0 Å². The van der Waals surface area contributed by atoms with Crippen LogP contribution in [0.5, 0.6) is 0 Å². The van der Waals surface area contributed by atoms with E-state index in [1.165, 1.54) is 6.39 Å². The van der Waals surface area contributed by atoms with Crippen LogP contribution in [-0.4, -0.2) is 9.97 Å². The van der Waals surface area contributed by atoms with Crippen molar-refractivity contribution in [3.8, 4) is 11.5 Å². The van der Waals surface area contributed by atoms with Crippen molar-refractivity contribution in [2.24, 2.45) is 0 Å². The van der Waals surface area contributed by atoms with Gasteiger partial charge in [-0.05, 0) is 30.3 Å². The van der Waals surface area contributed by atoms with Gasteiger partial charge >= 0.3 is 0 Å². The highest BCUT2D eigenvalue weighted by Crippen LogP contribution is 2.29. The van der Waals surface area contributed by atoms with E-state index < -0.39 is 0 Å². The molecule has 0 amide bonds. The second-order valence-corrected chi connectivity index (χ2v) is 3.92. The van der Waals surface area contributed by atoms with Gasteiger partial charge in [0.1, 0.15) is 11.0 Å². The molecule has 0 aliphatic heterocycles. The Morgan fingerprint density at radius 3 is 3.06 bits per heavy atom. The first kappa shape index (κ1) is 9.41. The fourth-order valence-corrected chi connectivity index (χ4v) is 1.99. The molecule has 1 radical (unpaired) electrons. The van der Waals surface area contributed by atoms with Crippen LogP contribution < -0.4 is 0 Å². The molecule has 0 bridgehead atoms. The zero-order chi connectivity index (χ0) is 11.9. The van der Waals surface area contributed by atoms with E-state index in [-0.39, 0.29) is 0 Å². The fraction of sp³-hybridized carbons (Fsp3) is 0. The molecule has 0 spiro atoms. The zero-order valence-electron chi connectivity index (χ0n) is 9.25. The first-order chi connectivity index (χ1) is 8.92. The summed E-state index contributed by atoms with van der Waals surface area (Å²) in [5.41, 5.74) is 3.84. The van der Waals surface area contributed by atoms with Crippen molar-refractivity contribution in [1.82, 2.24) is 9.97 Å². The van der Waals surface area contributed by atoms with Crippen LogP contribution in [0.3, 0.4) is 0 Å². The molecular formula is C14H7N2O2. The zero-order valence-corrected chi connectivity index (χ0v) is 9.25. The average Bonchev–Trinajstić information content (AvgIpc) is 3.04. The number of nitrogens with zero attached hydrogens (tertiary/aromatic N) is 2. The summed E-state index contributed by atoms with van der Waals surface area (Å²) in [5, 5.41) is 0. The number of hydrogen-bond donors (Lipinski definition) is 0. The van der Waals surface area contributed by atoms with Gasteiger partial charge in [0.2, 0.25) is 5.89 Å². The molecule has 0 unspecified atom stereocenters. The highest BCUT2D eigenvalue weighted by atomic mass is 16.3. The van der Waals surface area contributed by atoms with Crippen LogP contribution in [0.15, 0.2) is 51.6 Å². The Hall–Kier alpha value is -2.62. The number of benzene rings is 2. The summed E-state index contributed by atoms with van der Waals surface area (Å²) in [6, 6.07) is 14.1. The summed E-state index contributed by atoms with van der Waals surface area (Å²) in [6.07, 6.45) is 1.42. The van der Waals surface area contributed by atoms with Gasteiger partial charge in [0.05, 0.1) is 5.56 Å². The number of rotatable bonds is 1. The van der Waals surface area contributed by atoms with Crippen LogP contribution in [0.1, 0.15) is 0 Å². The van der Waals surface area contributed by atoms with Crippen molar-refractivity contribution in [3.05, 3.63) is 48.9 Å². The van der Waals surface area contributed by atoms with Crippen LogP contribution >= 0.6 is 0 Å². The van der Waals surface area contributed by atoms with Crippen LogP contribution in [0, 0.1) is 6.07 Å². The largest absolute Gasteiger partial charge is 0.443 e. The number of aromatic nitrogens is 2. The summed E-state index contributed by atoms with van der Waals surface area (Å²) in [4.78, 5) is 8.62. The van der Waals surface area contributed by atoms with Gasteiger partial charge in [0.15, 0.2) is 17.6 Å². The van der Waals surface area contributed by atoms with E-state index >= 15 is 0 Å². The van der Waals surface area contributed by atoms with E-state index in [1.807, 2.05) is 24.3 Å². The fourth-order valence-electron chi connectivity index (χ4n) is 1.99. The monoisotopic (exact) mass is 235 g/mol. The predicted octanol–water partition coefficient (Wildman–Crippen LogP) is 3.44. The highest BCUT2D eigenvalue weighted by molar-refractivity contribution is 5.89. The van der Waals surface area contributed by atoms with Crippen molar-refractivity contribution in [2.45, 2.75) is 0 Å². The van der Waals surface area contributed by atoms with Gasteiger partial charge < -0.3 is 8.83 Å². The van der Waals surface area contributed by atoms with Crippen molar-refractivity contribution in [3.63, 3.8) is 0 Å². The molecule has 4 nitrogen and oxygen atoms in total. The highest BCUT2D eigenvalue weighted by Gasteiger charge is 2.13. The second kappa shape index (κ2) is 3.43. The van der Waals surface area contributed by atoms with E-state index in [0.29, 0.717) is 5.89 Å². The molecule has 0 aliphatic rings. The number of fused-ring (bicyclic) bond motifs is 2. The third kappa shape index (κ3) is 1.26. The lowest BCUT2D eigenvalue weighted by atomic mass is 10.2. The summed E-state index contributed by atoms with van der Waals surface area (Å²) in [6.45, 7) is 0. The van der Waals surface area contributed by atoms with Crippen molar-refractivity contribution in [1.29, 1.82) is 0 Å². The Kier molecular flexibility index (Phi) is 1.80. The molecule has 0 fully saturated rings. The van der Waals surface area contributed by atoms with Gasteiger partial charge in [-0.3, -0.25) is 0 Å². The van der Waals surface area contributed by atoms with Gasteiger partial charge in [0.25, 0.3) is 0 Å². The molecule has 0 N–H and O–H groups in total. The Labute approximate surface area is 102 Å². The van der Waals surface area contributed by atoms with Crippen molar-refractivity contribution >= 4 is 22.2 Å². The minimum absolute atomic E-state index is 0.545. The van der Waals surface area contributed by atoms with E-state index in [0.717, 1.165) is 27.8 Å². The Morgan fingerprint density at radius 2 is 2.11 bits per heavy atom.